The summed E-state index contributed by atoms with van der Waals surface area (Å²) >= 11 is 0. The molecule has 2 aromatic heterocycles. The average molecular weight is 1060 g/mol. The van der Waals surface area contributed by atoms with Crippen LogP contribution in [0.1, 0.15) is 76.8 Å². The SMILES string of the molecule is C=C(CCCOc1ccc(C(=O)OCC#Cc2cn([C@H]3C[C@@H](OCN=[N+]=[N-])[C@@H](COP(=O)([O-])OP(=O)([O-])OP(=O)([O-])O)O3)c(=O)nc2N)c(CN=[N+]=[N-])c1)CCC1=[N+]2C(=Cc3c(C)cc(C)n3[B-]2(F)F)C=C1. The van der Waals surface area contributed by atoms with Crippen LogP contribution in [0.5, 0.6) is 5.75 Å². The first kappa shape index (κ1) is 55.1. The van der Waals surface area contributed by atoms with Gasteiger partial charge in [-0.15, -0.1) is 0 Å². The molecule has 3 aliphatic rings. The molecule has 27 nitrogen and oxygen atoms in total. The molecule has 1 aromatic carbocycles. The summed E-state index contributed by atoms with van der Waals surface area (Å²) in [6.45, 7) is 1.29. The van der Waals surface area contributed by atoms with Crippen molar-refractivity contribution in [3.63, 3.8) is 0 Å². The molecular weight excluding hydrogens is 1020 g/mol. The highest BCUT2D eigenvalue weighted by Crippen LogP contribution is 2.61. The molecule has 33 heteroatoms. The number of fused-ring (bicyclic) bond motifs is 2. The van der Waals surface area contributed by atoms with Gasteiger partial charge in [-0.1, -0.05) is 34.2 Å². The van der Waals surface area contributed by atoms with Crippen molar-refractivity contribution in [1.29, 1.82) is 0 Å². The summed E-state index contributed by atoms with van der Waals surface area (Å²) in [6.07, 6.45) is 3.94. The van der Waals surface area contributed by atoms with Crippen molar-refractivity contribution in [2.75, 3.05) is 32.3 Å². The van der Waals surface area contributed by atoms with E-state index in [4.69, 9.17) is 40.6 Å². The van der Waals surface area contributed by atoms with E-state index in [9.17, 15) is 38.0 Å². The predicted molar refractivity (Wildman–Crippen MR) is 243 cm³/mol. The highest BCUT2D eigenvalue weighted by atomic mass is 31.3. The van der Waals surface area contributed by atoms with Crippen molar-refractivity contribution in [1.82, 2.24) is 14.0 Å². The molecule has 0 bridgehead atoms. The summed E-state index contributed by atoms with van der Waals surface area (Å²) in [6, 6.07) is 6.17. The number of aromatic nitrogens is 3. The smallest absolute Gasteiger partial charge is 0.737 e. The minimum Gasteiger partial charge on any atom is -0.756 e. The zero-order valence-corrected chi connectivity index (χ0v) is 40.6. The Hall–Kier alpha value is -6.23. The van der Waals surface area contributed by atoms with E-state index in [0.717, 1.165) is 30.9 Å². The maximum atomic E-state index is 15.8. The molecule has 0 saturated carbocycles. The Kier molecular flexibility index (Phi) is 17.7. The zero-order valence-electron chi connectivity index (χ0n) is 37.9. The molecule has 3 N–H and O–H groups in total. The first-order chi connectivity index (χ1) is 33.9. The molecule has 3 unspecified atom stereocenters. The normalized spacial score (nSPS) is 20.0. The van der Waals surface area contributed by atoms with Crippen molar-refractivity contribution in [2.45, 2.75) is 70.9 Å². The van der Waals surface area contributed by atoms with Crippen molar-refractivity contribution < 1.29 is 83.3 Å². The summed E-state index contributed by atoms with van der Waals surface area (Å²) < 4.78 is 103. The molecule has 1 fully saturated rings. The van der Waals surface area contributed by atoms with Crippen LogP contribution in [0.4, 0.5) is 14.4 Å². The van der Waals surface area contributed by atoms with Crippen LogP contribution in [0, 0.1) is 25.7 Å². The fourth-order valence-electron chi connectivity index (χ4n) is 7.83. The van der Waals surface area contributed by atoms with E-state index in [2.05, 4.69) is 56.6 Å². The Bertz CT molecular complexity index is 3120. The number of carbonyl (C=O) groups excluding carboxylic acids is 1. The number of rotatable bonds is 23. The van der Waals surface area contributed by atoms with Crippen LogP contribution in [-0.4, -0.2) is 80.8 Å². The van der Waals surface area contributed by atoms with E-state index in [1.54, 1.807) is 31.2 Å². The third-order valence-electron chi connectivity index (χ3n) is 10.9. The summed E-state index contributed by atoms with van der Waals surface area (Å²) in [7, 11) is -18.2. The molecule has 72 heavy (non-hydrogen) atoms. The number of azide groups is 2. The number of phosphoric ester groups is 1. The van der Waals surface area contributed by atoms with Crippen molar-refractivity contribution >= 4 is 54.0 Å². The van der Waals surface area contributed by atoms with Gasteiger partial charge in [0.25, 0.3) is 23.5 Å². The molecule has 3 aromatic rings. The predicted octanol–water partition coefficient (Wildman–Crippen LogP) is 4.45. The van der Waals surface area contributed by atoms with Crippen molar-refractivity contribution in [3.05, 3.63) is 125 Å². The quantitative estimate of drug-likeness (QED) is 0.0152. The number of hydrogen-bond donors (Lipinski definition) is 2. The molecule has 0 amide bonds. The minimum atomic E-state index is -6.22. The summed E-state index contributed by atoms with van der Waals surface area (Å²) in [5.74, 6) is 4.30. The largest absolute Gasteiger partial charge is 0.756 e. The van der Waals surface area contributed by atoms with E-state index in [0.29, 0.717) is 54.2 Å². The number of halogens is 2. The number of esters is 1. The van der Waals surface area contributed by atoms with Gasteiger partial charge in [0.1, 0.15) is 36.3 Å². The molecule has 1 saturated heterocycles. The van der Waals surface area contributed by atoms with E-state index in [1.807, 2.05) is 6.92 Å². The maximum Gasteiger partial charge on any atom is 0.737 e. The molecule has 6 atom stereocenters. The van der Waals surface area contributed by atoms with Crippen LogP contribution in [-0.2, 0) is 47.6 Å². The monoisotopic (exact) mass is 1060 g/mol. The summed E-state index contributed by atoms with van der Waals surface area (Å²) in [5.41, 5.74) is 26.3. The van der Waals surface area contributed by atoms with E-state index in [-0.39, 0.29) is 42.1 Å². The number of aryl methyl sites for hydroxylation is 2. The standard InChI is InChI=1S/C39H45BF2N11O16P3/c1-24(8-9-29-10-11-30-18-33-25(2)16-26(3)52(33)40(41,42)53(29)30)6-4-14-63-31-12-13-32(28(17-31)20-46-49-44)38(54)64-15-5-7-27-21-51(39(55)48-37(27)43)36-19-34(65-23-47-50-45)35(67-36)22-66-71(59,60)69-72(61,62)68-70(56,57)58/h10-13,16-18,21,34-36H,1,4,6,8-9,14-15,19-20,22-23H2,2-3H3,(H,59,60)(H,61,62)(H2,43,48,55)(H2,56,57,58)/p-3/t34-,35-,36-/m1/s1. The van der Waals surface area contributed by atoms with E-state index in [1.165, 1.54) is 18.2 Å². The zero-order chi connectivity index (χ0) is 52.6. The van der Waals surface area contributed by atoms with Gasteiger partial charge in [-0.2, -0.15) is 4.98 Å². The second kappa shape index (κ2) is 23.1. The lowest BCUT2D eigenvalue weighted by Gasteiger charge is -2.33. The van der Waals surface area contributed by atoms with Gasteiger partial charge in [-0.25, -0.2) is 18.2 Å². The second-order valence-corrected chi connectivity index (χ2v) is 20.1. The number of nitrogens with zero attached hydrogens (tertiary/aromatic N) is 10. The van der Waals surface area contributed by atoms with E-state index < -0.39 is 80.5 Å². The highest BCUT2D eigenvalue weighted by Gasteiger charge is 2.52. The lowest BCUT2D eigenvalue weighted by Crippen LogP contribution is -2.50. The first-order valence-electron chi connectivity index (χ1n) is 21.2. The molecule has 0 radical (unpaired) electrons. The Labute approximate surface area is 406 Å². The van der Waals surface area contributed by atoms with Gasteiger partial charge >= 0.3 is 18.6 Å². The van der Waals surface area contributed by atoms with Gasteiger partial charge in [0.2, 0.25) is 0 Å². The average Bonchev–Trinajstić information content (AvgIpc) is 3.98. The number of nitrogens with two attached hydrogens (primary N) is 1. The fraction of sp³-hybridized carbons (Fsp3) is 0.385. The van der Waals surface area contributed by atoms with Gasteiger partial charge in [0, 0.05) is 52.8 Å². The van der Waals surface area contributed by atoms with Crippen molar-refractivity contribution in [3.8, 4) is 17.6 Å². The topological polar surface area (TPSA) is 389 Å². The van der Waals surface area contributed by atoms with Crippen LogP contribution >= 0.6 is 23.5 Å². The van der Waals surface area contributed by atoms with Crippen LogP contribution < -0.4 is 30.8 Å². The molecular formula is C39H42BF2N11O16P3-3. The van der Waals surface area contributed by atoms with Gasteiger partial charge in [-0.05, 0) is 85.3 Å². The van der Waals surface area contributed by atoms with Gasteiger partial charge in [0.05, 0.1) is 37.0 Å². The van der Waals surface area contributed by atoms with E-state index >= 15 is 8.63 Å². The Morgan fingerprint density at radius 2 is 1.88 bits per heavy atom. The highest BCUT2D eigenvalue weighted by molar-refractivity contribution is 7.65. The van der Waals surface area contributed by atoms with Gasteiger partial charge in [0.15, 0.2) is 12.3 Å². The summed E-state index contributed by atoms with van der Waals surface area (Å²) in [5, 5.41) is 6.75. The lowest BCUT2D eigenvalue weighted by atomic mass is 9.90. The summed E-state index contributed by atoms with van der Waals surface area (Å²) in [4.78, 5) is 78.1. The van der Waals surface area contributed by atoms with Crippen LogP contribution in [0.15, 0.2) is 75.5 Å². The second-order valence-electron chi connectivity index (χ2n) is 15.8. The van der Waals surface area contributed by atoms with Crippen LogP contribution in [0.3, 0.4) is 0 Å². The van der Waals surface area contributed by atoms with Crippen molar-refractivity contribution in [2.24, 2.45) is 10.2 Å². The lowest BCUT2D eigenvalue weighted by molar-refractivity contribution is -0.362. The number of benzene rings is 1. The number of ether oxygens (including phenoxy) is 4. The molecule has 0 spiro atoms. The number of nitrogen functional groups attached to an aromatic ring is 1. The van der Waals surface area contributed by atoms with Crippen LogP contribution in [0.2, 0.25) is 0 Å². The number of anilines is 1. The molecule has 384 valence electrons. The third-order valence-corrected chi connectivity index (χ3v) is 14.6. The Balaban J connectivity index is 1.02. The Morgan fingerprint density at radius 3 is 2.60 bits per heavy atom. The number of allylic oxidation sites excluding steroid dienone is 3. The van der Waals surface area contributed by atoms with Gasteiger partial charge in [-0.3, -0.25) is 18.3 Å². The number of hydrogen-bond acceptors (Lipinski definition) is 19. The minimum absolute atomic E-state index is 0.0259. The third kappa shape index (κ3) is 14.0. The molecule has 3 aliphatic heterocycles. The van der Waals surface area contributed by atoms with Crippen LogP contribution in [0.25, 0.3) is 27.0 Å². The first-order valence-corrected chi connectivity index (χ1v) is 25.6. The molecule has 6 rings (SSSR count). The molecule has 0 aliphatic carbocycles. The Morgan fingerprint density at radius 1 is 1.12 bits per heavy atom. The fourth-order valence-corrected chi connectivity index (χ4v) is 10.7. The number of phosphoric acid groups is 3. The maximum absolute atomic E-state index is 15.8. The van der Waals surface area contributed by atoms with Gasteiger partial charge < -0.3 is 66.4 Å². The molecule has 5 heterocycles. The number of carbonyl (C=O) groups is 1.